The molecule has 0 atom stereocenters. The Hall–Kier alpha value is -3.48. The van der Waals surface area contributed by atoms with Crippen LogP contribution in [0.15, 0.2) is 46.9 Å². The third-order valence-electron chi connectivity index (χ3n) is 4.79. The highest BCUT2D eigenvalue weighted by Gasteiger charge is 2.16. The molecule has 3 rings (SSSR count). The number of aromatic nitrogens is 2. The van der Waals surface area contributed by atoms with Crippen LogP contribution in [0.2, 0.25) is 0 Å². The summed E-state index contributed by atoms with van der Waals surface area (Å²) in [5.41, 5.74) is 4.77. The number of rotatable bonds is 7. The lowest BCUT2D eigenvalue weighted by atomic mass is 10.1. The van der Waals surface area contributed by atoms with Gasteiger partial charge in [0.1, 0.15) is 0 Å². The van der Waals surface area contributed by atoms with Gasteiger partial charge in [0.2, 0.25) is 23.6 Å². The van der Waals surface area contributed by atoms with Crippen molar-refractivity contribution in [3.05, 3.63) is 65.0 Å². The van der Waals surface area contributed by atoms with Crippen molar-refractivity contribution < 1.29 is 14.0 Å². The Morgan fingerprint density at radius 2 is 1.70 bits per heavy atom. The minimum absolute atomic E-state index is 0.0231. The molecule has 0 fully saturated rings. The summed E-state index contributed by atoms with van der Waals surface area (Å²) in [4.78, 5) is 26.2. The Balaban J connectivity index is 1.51. The van der Waals surface area contributed by atoms with Crippen molar-refractivity contribution in [3.8, 4) is 11.5 Å². The molecule has 156 valence electrons. The van der Waals surface area contributed by atoms with Gasteiger partial charge in [0, 0.05) is 31.1 Å². The van der Waals surface area contributed by atoms with Crippen LogP contribution in [0.1, 0.15) is 29.0 Å². The zero-order valence-corrected chi connectivity index (χ0v) is 17.7. The Morgan fingerprint density at radius 3 is 2.37 bits per heavy atom. The van der Waals surface area contributed by atoms with Gasteiger partial charge in [0.15, 0.2) is 0 Å². The van der Waals surface area contributed by atoms with E-state index in [4.69, 9.17) is 4.42 Å². The van der Waals surface area contributed by atoms with Crippen LogP contribution < -0.4 is 5.32 Å². The molecule has 1 aromatic heterocycles. The van der Waals surface area contributed by atoms with E-state index >= 15 is 0 Å². The number of benzene rings is 2. The van der Waals surface area contributed by atoms with Gasteiger partial charge in [-0.15, -0.1) is 10.2 Å². The molecule has 2 aromatic carbocycles. The van der Waals surface area contributed by atoms with Crippen molar-refractivity contribution in [2.45, 2.75) is 33.6 Å². The minimum Gasteiger partial charge on any atom is -0.421 e. The summed E-state index contributed by atoms with van der Waals surface area (Å²) in [7, 11) is 1.61. The first kappa shape index (κ1) is 21.2. The molecule has 0 radical (unpaired) electrons. The van der Waals surface area contributed by atoms with Gasteiger partial charge < -0.3 is 14.6 Å². The highest BCUT2D eigenvalue weighted by Crippen LogP contribution is 2.22. The lowest BCUT2D eigenvalue weighted by molar-refractivity contribution is -0.133. The van der Waals surface area contributed by atoms with E-state index in [-0.39, 0.29) is 24.8 Å². The van der Waals surface area contributed by atoms with Crippen LogP contribution in [0.3, 0.4) is 0 Å². The number of anilines is 1. The molecule has 0 aliphatic carbocycles. The second-order valence-corrected chi connectivity index (χ2v) is 7.44. The predicted octanol–water partition coefficient (Wildman–Crippen LogP) is 3.69. The summed E-state index contributed by atoms with van der Waals surface area (Å²) in [6.45, 7) is 5.91. The number of nitrogens with zero attached hydrogens (tertiary/aromatic N) is 3. The summed E-state index contributed by atoms with van der Waals surface area (Å²) in [6, 6.07) is 13.5. The Kier molecular flexibility index (Phi) is 6.61. The topological polar surface area (TPSA) is 88.3 Å². The largest absolute Gasteiger partial charge is 0.421 e. The maximum atomic E-state index is 12.4. The highest BCUT2D eigenvalue weighted by atomic mass is 16.4. The van der Waals surface area contributed by atoms with Gasteiger partial charge in [-0.05, 0) is 44.0 Å². The Morgan fingerprint density at radius 1 is 1.03 bits per heavy atom. The first-order valence-corrected chi connectivity index (χ1v) is 9.83. The zero-order chi connectivity index (χ0) is 21.7. The third kappa shape index (κ3) is 5.31. The molecule has 3 aromatic rings. The summed E-state index contributed by atoms with van der Waals surface area (Å²) >= 11 is 0. The quantitative estimate of drug-likeness (QED) is 0.646. The first-order valence-electron chi connectivity index (χ1n) is 9.83. The van der Waals surface area contributed by atoms with Gasteiger partial charge in [-0.25, -0.2) is 0 Å². The van der Waals surface area contributed by atoms with Crippen LogP contribution in [0.5, 0.6) is 0 Å². The van der Waals surface area contributed by atoms with E-state index in [0.29, 0.717) is 18.2 Å². The first-order chi connectivity index (χ1) is 14.3. The van der Waals surface area contributed by atoms with E-state index in [1.54, 1.807) is 7.05 Å². The molecule has 1 heterocycles. The van der Waals surface area contributed by atoms with Gasteiger partial charge in [-0.3, -0.25) is 9.59 Å². The fourth-order valence-electron chi connectivity index (χ4n) is 3.32. The zero-order valence-electron chi connectivity index (χ0n) is 17.7. The molecule has 0 aliphatic rings. The SMILES string of the molecule is Cc1cc(C)c(NC(=O)CN(C)C(=O)CCc2nnc(-c3ccccc3)o2)c(C)c1. The van der Waals surface area contributed by atoms with Crippen molar-refractivity contribution in [3.63, 3.8) is 0 Å². The van der Waals surface area contributed by atoms with Gasteiger partial charge in [0.05, 0.1) is 6.54 Å². The van der Waals surface area contributed by atoms with Crippen molar-refractivity contribution in [2.75, 3.05) is 18.9 Å². The molecule has 0 unspecified atom stereocenters. The summed E-state index contributed by atoms with van der Waals surface area (Å²) in [5, 5.41) is 10.9. The predicted molar refractivity (Wildman–Crippen MR) is 115 cm³/mol. The molecule has 1 N–H and O–H groups in total. The smallest absolute Gasteiger partial charge is 0.247 e. The van der Waals surface area contributed by atoms with Gasteiger partial charge >= 0.3 is 0 Å². The maximum Gasteiger partial charge on any atom is 0.247 e. The second-order valence-electron chi connectivity index (χ2n) is 7.44. The maximum absolute atomic E-state index is 12.4. The molecular weight excluding hydrogens is 380 g/mol. The second kappa shape index (κ2) is 9.35. The van der Waals surface area contributed by atoms with Crippen molar-refractivity contribution in [1.29, 1.82) is 0 Å². The molecule has 0 bridgehead atoms. The molecule has 0 saturated heterocycles. The van der Waals surface area contributed by atoms with Crippen LogP contribution in [-0.2, 0) is 16.0 Å². The van der Waals surface area contributed by atoms with E-state index in [2.05, 4.69) is 15.5 Å². The monoisotopic (exact) mass is 406 g/mol. The van der Waals surface area contributed by atoms with Gasteiger partial charge in [0.25, 0.3) is 0 Å². The normalized spacial score (nSPS) is 10.7. The van der Waals surface area contributed by atoms with E-state index in [0.717, 1.165) is 27.9 Å². The van der Waals surface area contributed by atoms with Gasteiger partial charge in [-0.1, -0.05) is 35.9 Å². The van der Waals surface area contributed by atoms with Crippen molar-refractivity contribution in [1.82, 2.24) is 15.1 Å². The average molecular weight is 406 g/mol. The fraction of sp³-hybridized carbons (Fsp3) is 0.304. The number of amides is 2. The fourth-order valence-corrected chi connectivity index (χ4v) is 3.32. The van der Waals surface area contributed by atoms with E-state index < -0.39 is 0 Å². The molecule has 0 spiro atoms. The molecule has 7 heteroatoms. The summed E-state index contributed by atoms with van der Waals surface area (Å²) in [5.74, 6) is 0.424. The van der Waals surface area contributed by atoms with Crippen LogP contribution in [0, 0.1) is 20.8 Å². The summed E-state index contributed by atoms with van der Waals surface area (Å²) in [6.07, 6.45) is 0.504. The molecule has 30 heavy (non-hydrogen) atoms. The molecule has 2 amide bonds. The van der Waals surface area contributed by atoms with E-state index in [9.17, 15) is 9.59 Å². The summed E-state index contributed by atoms with van der Waals surface area (Å²) < 4.78 is 5.62. The third-order valence-corrected chi connectivity index (χ3v) is 4.79. The van der Waals surface area contributed by atoms with E-state index in [1.807, 2.05) is 63.2 Å². The number of likely N-dealkylation sites (N-methyl/N-ethyl adjacent to an activating group) is 1. The standard InChI is InChI=1S/C23H26N4O3/c1-15-12-16(2)22(17(3)13-15)24-19(28)14-27(4)21(29)11-10-20-25-26-23(30-20)18-8-6-5-7-9-18/h5-9,12-13H,10-11,14H2,1-4H3,(H,24,28). The van der Waals surface area contributed by atoms with Gasteiger partial charge in [-0.2, -0.15) is 0 Å². The van der Waals surface area contributed by atoms with E-state index in [1.165, 1.54) is 4.90 Å². The number of carbonyl (C=O) groups is 2. The number of nitrogens with one attached hydrogen (secondary N) is 1. The minimum atomic E-state index is -0.231. The Bertz CT molecular complexity index is 1020. The average Bonchev–Trinajstić information content (AvgIpc) is 3.18. The molecule has 0 aliphatic heterocycles. The molecule has 0 saturated carbocycles. The number of carbonyl (C=O) groups excluding carboxylic acids is 2. The number of hydrogen-bond acceptors (Lipinski definition) is 5. The van der Waals surface area contributed by atoms with Crippen molar-refractivity contribution in [2.24, 2.45) is 0 Å². The van der Waals surface area contributed by atoms with Crippen molar-refractivity contribution >= 4 is 17.5 Å². The van der Waals surface area contributed by atoms with Crippen LogP contribution >= 0.6 is 0 Å². The van der Waals surface area contributed by atoms with Crippen LogP contribution in [-0.4, -0.2) is 40.5 Å². The number of aryl methyl sites for hydroxylation is 4. The highest BCUT2D eigenvalue weighted by molar-refractivity contribution is 5.95. The van der Waals surface area contributed by atoms with Crippen LogP contribution in [0.25, 0.3) is 11.5 Å². The van der Waals surface area contributed by atoms with Crippen LogP contribution in [0.4, 0.5) is 5.69 Å². The molecule has 7 nitrogen and oxygen atoms in total. The molecular formula is C23H26N4O3. The lowest BCUT2D eigenvalue weighted by Crippen LogP contribution is -2.35. The lowest BCUT2D eigenvalue weighted by Gasteiger charge is -2.18. The number of hydrogen-bond donors (Lipinski definition) is 1. The Labute approximate surface area is 176 Å².